The van der Waals surface area contributed by atoms with Crippen LogP contribution in [0.3, 0.4) is 0 Å². The molecule has 1 N–H and O–H groups in total. The number of halogens is 1. The summed E-state index contributed by atoms with van der Waals surface area (Å²) < 4.78 is 1.73. The van der Waals surface area contributed by atoms with Crippen LogP contribution in [0, 0.1) is 20.8 Å². The van der Waals surface area contributed by atoms with Crippen molar-refractivity contribution in [2.75, 3.05) is 5.32 Å². The van der Waals surface area contributed by atoms with Crippen LogP contribution < -0.4 is 5.32 Å². The first-order chi connectivity index (χ1) is 12.5. The Morgan fingerprint density at radius 2 is 1.73 bits per heavy atom. The van der Waals surface area contributed by atoms with Gasteiger partial charge in [0, 0.05) is 28.0 Å². The van der Waals surface area contributed by atoms with Crippen LogP contribution in [0.4, 0.5) is 11.5 Å². The van der Waals surface area contributed by atoms with Crippen molar-refractivity contribution in [3.63, 3.8) is 0 Å². The van der Waals surface area contributed by atoms with E-state index in [1.165, 1.54) is 0 Å². The van der Waals surface area contributed by atoms with Gasteiger partial charge in [0.05, 0.1) is 0 Å². The van der Waals surface area contributed by atoms with E-state index in [0.29, 0.717) is 16.6 Å². The van der Waals surface area contributed by atoms with Crippen LogP contribution in [0.5, 0.6) is 0 Å². The maximum atomic E-state index is 6.15. The minimum atomic E-state index is 0.561. The third-order valence-corrected chi connectivity index (χ3v) is 4.52. The summed E-state index contributed by atoms with van der Waals surface area (Å²) in [7, 11) is 0. The summed E-state index contributed by atoms with van der Waals surface area (Å²) >= 11 is 6.15. The number of rotatable bonds is 3. The van der Waals surface area contributed by atoms with E-state index in [0.717, 1.165) is 33.9 Å². The standard InChI is InChI=1S/C20H18ClN5/c1-12-6-4-5-7-16(12)19-24-20-22-14(3)10-18(26(20)25-19)23-17-11-15(21)9-8-13(17)2/h4-11,23H,1-3H3. The average molecular weight is 364 g/mol. The third-order valence-electron chi connectivity index (χ3n) is 4.29. The number of benzene rings is 2. The van der Waals surface area contributed by atoms with Gasteiger partial charge in [-0.15, -0.1) is 5.10 Å². The van der Waals surface area contributed by atoms with E-state index in [1.54, 1.807) is 4.52 Å². The highest BCUT2D eigenvalue weighted by Gasteiger charge is 2.13. The first-order valence-electron chi connectivity index (χ1n) is 8.35. The quantitative estimate of drug-likeness (QED) is 0.549. The molecule has 4 aromatic rings. The van der Waals surface area contributed by atoms with E-state index in [1.807, 2.05) is 69.3 Å². The van der Waals surface area contributed by atoms with E-state index in [-0.39, 0.29) is 0 Å². The highest BCUT2D eigenvalue weighted by Crippen LogP contribution is 2.26. The Balaban J connectivity index is 1.85. The number of anilines is 2. The highest BCUT2D eigenvalue weighted by molar-refractivity contribution is 6.30. The lowest BCUT2D eigenvalue weighted by atomic mass is 10.1. The van der Waals surface area contributed by atoms with Crippen LogP contribution in [0.15, 0.2) is 48.5 Å². The Hall–Kier alpha value is -2.92. The molecular formula is C20H18ClN5. The maximum Gasteiger partial charge on any atom is 0.254 e. The normalized spacial score (nSPS) is 11.1. The van der Waals surface area contributed by atoms with Gasteiger partial charge in [0.25, 0.3) is 5.78 Å². The second-order valence-electron chi connectivity index (χ2n) is 6.33. The first-order valence-corrected chi connectivity index (χ1v) is 8.72. The van der Waals surface area contributed by atoms with Crippen molar-refractivity contribution in [1.82, 2.24) is 19.6 Å². The summed E-state index contributed by atoms with van der Waals surface area (Å²) in [5.74, 6) is 2.02. The van der Waals surface area contributed by atoms with Gasteiger partial charge in [-0.2, -0.15) is 9.50 Å². The first kappa shape index (κ1) is 16.5. The van der Waals surface area contributed by atoms with E-state index >= 15 is 0 Å². The number of nitrogens with one attached hydrogen (secondary N) is 1. The molecule has 0 unspecified atom stereocenters. The Morgan fingerprint density at radius 3 is 2.54 bits per heavy atom. The lowest BCUT2D eigenvalue weighted by Crippen LogP contribution is -2.03. The topological polar surface area (TPSA) is 55.1 Å². The van der Waals surface area contributed by atoms with Crippen LogP contribution in [0.25, 0.3) is 17.2 Å². The van der Waals surface area contributed by atoms with Crippen LogP contribution in [0.2, 0.25) is 5.02 Å². The van der Waals surface area contributed by atoms with Crippen molar-refractivity contribution < 1.29 is 0 Å². The number of nitrogens with zero attached hydrogens (tertiary/aromatic N) is 4. The van der Waals surface area contributed by atoms with Crippen molar-refractivity contribution in [1.29, 1.82) is 0 Å². The number of fused-ring (bicyclic) bond motifs is 1. The lowest BCUT2D eigenvalue weighted by molar-refractivity contribution is 0.939. The van der Waals surface area contributed by atoms with Crippen molar-refractivity contribution in [2.24, 2.45) is 0 Å². The molecular weight excluding hydrogens is 346 g/mol. The van der Waals surface area contributed by atoms with Crippen LogP contribution in [-0.2, 0) is 0 Å². The summed E-state index contributed by atoms with van der Waals surface area (Å²) in [4.78, 5) is 9.14. The fourth-order valence-electron chi connectivity index (χ4n) is 2.88. The van der Waals surface area contributed by atoms with Gasteiger partial charge in [-0.1, -0.05) is 41.9 Å². The Kier molecular flexibility index (Phi) is 4.09. The number of hydrogen-bond donors (Lipinski definition) is 1. The second-order valence-corrected chi connectivity index (χ2v) is 6.77. The van der Waals surface area contributed by atoms with Crippen molar-refractivity contribution in [2.45, 2.75) is 20.8 Å². The van der Waals surface area contributed by atoms with Gasteiger partial charge in [-0.25, -0.2) is 4.98 Å². The highest BCUT2D eigenvalue weighted by atomic mass is 35.5. The van der Waals surface area contributed by atoms with Gasteiger partial charge < -0.3 is 5.32 Å². The fraction of sp³-hybridized carbons (Fsp3) is 0.150. The molecule has 0 spiro atoms. The lowest BCUT2D eigenvalue weighted by Gasteiger charge is -2.11. The Labute approximate surface area is 156 Å². The zero-order valence-corrected chi connectivity index (χ0v) is 15.5. The fourth-order valence-corrected chi connectivity index (χ4v) is 3.05. The summed E-state index contributed by atoms with van der Waals surface area (Å²) in [5.41, 5.74) is 5.01. The predicted octanol–water partition coefficient (Wildman–Crippen LogP) is 5.11. The number of hydrogen-bond acceptors (Lipinski definition) is 4. The number of aromatic nitrogens is 4. The van der Waals surface area contributed by atoms with Gasteiger partial charge in [0.2, 0.25) is 0 Å². The molecule has 26 heavy (non-hydrogen) atoms. The molecule has 0 aliphatic rings. The zero-order valence-electron chi connectivity index (χ0n) is 14.8. The molecule has 4 rings (SSSR count). The van der Waals surface area contributed by atoms with E-state index in [9.17, 15) is 0 Å². The molecule has 0 aliphatic heterocycles. The molecule has 0 amide bonds. The second kappa shape index (κ2) is 6.42. The SMILES string of the molecule is Cc1cc(Nc2cc(Cl)ccc2C)n2nc(-c3ccccc3C)nc2n1. The smallest absolute Gasteiger partial charge is 0.254 e. The maximum absolute atomic E-state index is 6.15. The molecule has 130 valence electrons. The zero-order chi connectivity index (χ0) is 18.3. The van der Waals surface area contributed by atoms with Crippen LogP contribution in [0.1, 0.15) is 16.8 Å². The summed E-state index contributed by atoms with van der Waals surface area (Å²) in [6, 6.07) is 15.8. The molecule has 0 bridgehead atoms. The molecule has 0 aliphatic carbocycles. The summed E-state index contributed by atoms with van der Waals surface area (Å²) in [5, 5.41) is 8.77. The summed E-state index contributed by atoms with van der Waals surface area (Å²) in [6.45, 7) is 6.02. The van der Waals surface area contributed by atoms with E-state index in [2.05, 4.69) is 20.4 Å². The van der Waals surface area contributed by atoms with Gasteiger partial charge in [-0.3, -0.25) is 0 Å². The molecule has 0 saturated carbocycles. The molecule has 2 heterocycles. The van der Waals surface area contributed by atoms with Gasteiger partial charge >= 0.3 is 0 Å². The van der Waals surface area contributed by atoms with Gasteiger partial charge in [0.1, 0.15) is 5.82 Å². The Morgan fingerprint density at radius 1 is 0.923 bits per heavy atom. The molecule has 0 saturated heterocycles. The van der Waals surface area contributed by atoms with Crippen LogP contribution >= 0.6 is 11.6 Å². The van der Waals surface area contributed by atoms with E-state index < -0.39 is 0 Å². The van der Waals surface area contributed by atoms with Gasteiger partial charge in [0.15, 0.2) is 5.82 Å². The third kappa shape index (κ3) is 3.02. The molecule has 0 radical (unpaired) electrons. The summed E-state index contributed by atoms with van der Waals surface area (Å²) in [6.07, 6.45) is 0. The van der Waals surface area contributed by atoms with E-state index in [4.69, 9.17) is 11.6 Å². The molecule has 2 aromatic carbocycles. The minimum absolute atomic E-state index is 0.561. The average Bonchev–Trinajstić information content (AvgIpc) is 3.02. The van der Waals surface area contributed by atoms with Crippen molar-refractivity contribution >= 4 is 28.9 Å². The van der Waals surface area contributed by atoms with Crippen molar-refractivity contribution in [3.05, 3.63) is 70.4 Å². The molecule has 5 nitrogen and oxygen atoms in total. The number of aryl methyl sites for hydroxylation is 3. The minimum Gasteiger partial charge on any atom is -0.340 e. The molecule has 0 atom stereocenters. The van der Waals surface area contributed by atoms with Gasteiger partial charge in [-0.05, 0) is 44.0 Å². The Bertz CT molecular complexity index is 1120. The van der Waals surface area contributed by atoms with Crippen LogP contribution in [-0.4, -0.2) is 19.6 Å². The van der Waals surface area contributed by atoms with Crippen molar-refractivity contribution in [3.8, 4) is 11.4 Å². The predicted molar refractivity (Wildman–Crippen MR) is 105 cm³/mol. The molecule has 0 fully saturated rings. The largest absolute Gasteiger partial charge is 0.340 e. The molecule has 6 heteroatoms. The monoisotopic (exact) mass is 363 g/mol. The molecule has 2 aromatic heterocycles.